The summed E-state index contributed by atoms with van der Waals surface area (Å²) in [6, 6.07) is 19.3. The lowest BCUT2D eigenvalue weighted by atomic mass is 10.1. The lowest BCUT2D eigenvalue weighted by Gasteiger charge is -2.17. The molecule has 1 aliphatic heterocycles. The van der Waals surface area contributed by atoms with Crippen LogP contribution in [0.5, 0.6) is 5.75 Å². The van der Waals surface area contributed by atoms with Gasteiger partial charge in [0.05, 0.1) is 11.6 Å². The fourth-order valence-electron chi connectivity index (χ4n) is 3.45. The molecule has 2 N–H and O–H groups in total. The van der Waals surface area contributed by atoms with Crippen LogP contribution in [0.4, 0.5) is 11.4 Å². The van der Waals surface area contributed by atoms with Crippen LogP contribution in [0.1, 0.15) is 12.0 Å². The molecule has 0 aromatic heterocycles. The number of anilines is 2. The summed E-state index contributed by atoms with van der Waals surface area (Å²) >= 11 is 18.2. The molecule has 0 saturated carbocycles. The molecular formula is C24H20Cl3N3O3. The van der Waals surface area contributed by atoms with Crippen LogP contribution in [-0.2, 0) is 16.2 Å². The monoisotopic (exact) mass is 503 g/mol. The molecule has 6 nitrogen and oxygen atoms in total. The first-order valence-electron chi connectivity index (χ1n) is 10.2. The van der Waals surface area contributed by atoms with E-state index in [4.69, 9.17) is 39.5 Å². The third-order valence-corrected chi connectivity index (χ3v) is 6.22. The number of rotatable bonds is 7. The molecule has 33 heavy (non-hydrogen) atoms. The van der Waals surface area contributed by atoms with Crippen molar-refractivity contribution in [2.75, 3.05) is 16.9 Å². The SMILES string of the molecule is O=C(NNc1ccc(OCc2c(Cl)cccc2Cl)cc1)[C@H]1CC(=O)N(c2ccc(Cl)cc2)C1. The van der Waals surface area contributed by atoms with Crippen molar-refractivity contribution in [3.63, 3.8) is 0 Å². The molecule has 0 unspecified atom stereocenters. The standard InChI is InChI=1S/C24H20Cl3N3O3/c25-16-4-8-18(9-5-16)30-13-15(12-23(30)31)24(32)29-28-17-6-10-19(11-7-17)33-14-20-21(26)2-1-3-22(20)27/h1-11,15,28H,12-14H2,(H,29,32)/t15-/m0/s1. The first kappa shape index (κ1) is 23.2. The summed E-state index contributed by atoms with van der Waals surface area (Å²) in [6.07, 6.45) is 0.146. The fraction of sp³-hybridized carbons (Fsp3) is 0.167. The smallest absolute Gasteiger partial charge is 0.243 e. The Morgan fingerprint density at radius 3 is 2.30 bits per heavy atom. The van der Waals surface area contributed by atoms with Crippen molar-refractivity contribution in [3.8, 4) is 5.75 Å². The number of hydrazine groups is 1. The molecule has 4 rings (SSSR count). The van der Waals surface area contributed by atoms with Gasteiger partial charge in [0.2, 0.25) is 11.8 Å². The highest BCUT2D eigenvalue weighted by Gasteiger charge is 2.35. The van der Waals surface area contributed by atoms with E-state index in [1.165, 1.54) is 0 Å². The molecule has 0 radical (unpaired) electrons. The van der Waals surface area contributed by atoms with Crippen LogP contribution in [0.2, 0.25) is 15.1 Å². The highest BCUT2D eigenvalue weighted by atomic mass is 35.5. The molecule has 3 aromatic rings. The van der Waals surface area contributed by atoms with Gasteiger partial charge in [-0.15, -0.1) is 0 Å². The number of amides is 2. The number of benzene rings is 3. The van der Waals surface area contributed by atoms with E-state index in [9.17, 15) is 9.59 Å². The molecule has 1 fully saturated rings. The number of hydrogen-bond donors (Lipinski definition) is 2. The fourth-order valence-corrected chi connectivity index (χ4v) is 4.08. The van der Waals surface area contributed by atoms with Gasteiger partial charge in [0.25, 0.3) is 0 Å². The number of carbonyl (C=O) groups excluding carboxylic acids is 2. The van der Waals surface area contributed by atoms with Crippen molar-refractivity contribution in [1.82, 2.24) is 5.43 Å². The van der Waals surface area contributed by atoms with Gasteiger partial charge in [-0.05, 0) is 60.7 Å². The van der Waals surface area contributed by atoms with Gasteiger partial charge in [-0.25, -0.2) is 0 Å². The Balaban J connectivity index is 1.28. The van der Waals surface area contributed by atoms with E-state index >= 15 is 0 Å². The summed E-state index contributed by atoms with van der Waals surface area (Å²) < 4.78 is 5.75. The molecule has 1 saturated heterocycles. The summed E-state index contributed by atoms with van der Waals surface area (Å²) in [5.74, 6) is -0.183. The van der Waals surface area contributed by atoms with E-state index < -0.39 is 5.92 Å². The van der Waals surface area contributed by atoms with Crippen molar-refractivity contribution in [1.29, 1.82) is 0 Å². The Labute approximate surface area is 206 Å². The summed E-state index contributed by atoms with van der Waals surface area (Å²) in [5, 5.41) is 1.68. The number of ether oxygens (including phenoxy) is 1. The second kappa shape index (κ2) is 10.3. The minimum atomic E-state index is -0.455. The Morgan fingerprint density at radius 1 is 0.970 bits per heavy atom. The number of hydrogen-bond acceptors (Lipinski definition) is 4. The van der Waals surface area contributed by atoms with E-state index in [2.05, 4.69) is 10.9 Å². The normalized spacial score (nSPS) is 15.4. The van der Waals surface area contributed by atoms with Crippen molar-refractivity contribution in [3.05, 3.63) is 87.4 Å². The highest BCUT2D eigenvalue weighted by molar-refractivity contribution is 6.36. The van der Waals surface area contributed by atoms with E-state index in [0.29, 0.717) is 38.6 Å². The maximum Gasteiger partial charge on any atom is 0.243 e. The average Bonchev–Trinajstić information content (AvgIpc) is 3.20. The minimum absolute atomic E-state index is 0.0994. The van der Waals surface area contributed by atoms with Crippen molar-refractivity contribution < 1.29 is 14.3 Å². The first-order valence-corrected chi connectivity index (χ1v) is 11.3. The minimum Gasteiger partial charge on any atom is -0.489 e. The van der Waals surface area contributed by atoms with Gasteiger partial charge in [-0.1, -0.05) is 40.9 Å². The molecule has 0 spiro atoms. The third kappa shape index (κ3) is 5.71. The van der Waals surface area contributed by atoms with E-state index in [0.717, 1.165) is 5.69 Å². The van der Waals surface area contributed by atoms with Gasteiger partial charge in [-0.3, -0.25) is 20.4 Å². The van der Waals surface area contributed by atoms with Gasteiger partial charge in [0, 0.05) is 39.3 Å². The Hall–Kier alpha value is -2.93. The predicted molar refractivity (Wildman–Crippen MR) is 131 cm³/mol. The van der Waals surface area contributed by atoms with Crippen LogP contribution in [0.15, 0.2) is 66.7 Å². The molecule has 3 aromatic carbocycles. The molecule has 1 aliphatic rings. The zero-order chi connectivity index (χ0) is 23.4. The van der Waals surface area contributed by atoms with Crippen LogP contribution >= 0.6 is 34.8 Å². The molecule has 0 aliphatic carbocycles. The van der Waals surface area contributed by atoms with Crippen molar-refractivity contribution in [2.45, 2.75) is 13.0 Å². The predicted octanol–water partition coefficient (Wildman–Crippen LogP) is 5.72. The topological polar surface area (TPSA) is 70.7 Å². The van der Waals surface area contributed by atoms with Crippen molar-refractivity contribution >= 4 is 58.0 Å². The Bertz CT molecular complexity index is 1130. The summed E-state index contributed by atoms with van der Waals surface area (Å²) in [6.45, 7) is 0.549. The molecule has 1 heterocycles. The number of carbonyl (C=O) groups is 2. The highest BCUT2D eigenvalue weighted by Crippen LogP contribution is 2.27. The zero-order valence-electron chi connectivity index (χ0n) is 17.4. The first-order chi connectivity index (χ1) is 15.9. The Morgan fingerprint density at radius 2 is 1.64 bits per heavy atom. The number of nitrogens with one attached hydrogen (secondary N) is 2. The van der Waals surface area contributed by atoms with Gasteiger partial charge < -0.3 is 9.64 Å². The lowest BCUT2D eigenvalue weighted by Crippen LogP contribution is -2.36. The third-order valence-electron chi connectivity index (χ3n) is 5.26. The maximum absolute atomic E-state index is 12.6. The van der Waals surface area contributed by atoms with Gasteiger partial charge in [0.15, 0.2) is 0 Å². The molecule has 2 amide bonds. The van der Waals surface area contributed by atoms with Crippen LogP contribution in [0, 0.1) is 5.92 Å². The largest absolute Gasteiger partial charge is 0.489 e. The van der Waals surface area contributed by atoms with E-state index in [1.54, 1.807) is 71.6 Å². The molecule has 1 atom stereocenters. The molecule has 0 bridgehead atoms. The summed E-state index contributed by atoms with van der Waals surface area (Å²) in [4.78, 5) is 26.5. The van der Waals surface area contributed by atoms with Crippen LogP contribution in [0.25, 0.3) is 0 Å². The van der Waals surface area contributed by atoms with E-state index in [-0.39, 0.29) is 24.8 Å². The second-order valence-corrected chi connectivity index (χ2v) is 8.76. The number of nitrogens with zero attached hydrogens (tertiary/aromatic N) is 1. The quantitative estimate of drug-likeness (QED) is 0.404. The zero-order valence-corrected chi connectivity index (χ0v) is 19.6. The van der Waals surface area contributed by atoms with Gasteiger partial charge in [-0.2, -0.15) is 0 Å². The van der Waals surface area contributed by atoms with Crippen molar-refractivity contribution in [2.24, 2.45) is 5.92 Å². The molecule has 170 valence electrons. The average molecular weight is 505 g/mol. The summed E-state index contributed by atoms with van der Waals surface area (Å²) in [5.41, 5.74) is 7.65. The van der Waals surface area contributed by atoms with Gasteiger partial charge in [0.1, 0.15) is 12.4 Å². The maximum atomic E-state index is 12.6. The molecule has 9 heteroatoms. The van der Waals surface area contributed by atoms with Crippen LogP contribution < -0.4 is 20.5 Å². The lowest BCUT2D eigenvalue weighted by molar-refractivity contribution is -0.125. The summed E-state index contributed by atoms with van der Waals surface area (Å²) in [7, 11) is 0. The van der Waals surface area contributed by atoms with Crippen LogP contribution in [0.3, 0.4) is 0 Å². The van der Waals surface area contributed by atoms with Crippen LogP contribution in [-0.4, -0.2) is 18.4 Å². The van der Waals surface area contributed by atoms with Gasteiger partial charge >= 0.3 is 0 Å². The second-order valence-electron chi connectivity index (χ2n) is 7.51. The van der Waals surface area contributed by atoms with E-state index in [1.807, 2.05) is 0 Å². The Kier molecular flexibility index (Phi) is 7.28. The molecular weight excluding hydrogens is 485 g/mol. The number of halogens is 3.